The van der Waals surface area contributed by atoms with E-state index in [0.29, 0.717) is 29.2 Å². The quantitative estimate of drug-likeness (QED) is 0.605. The first kappa shape index (κ1) is 24.1. The Labute approximate surface area is 184 Å². The first-order valence-corrected chi connectivity index (χ1v) is 10.2. The largest absolute Gasteiger partial charge is 0.496 e. The summed E-state index contributed by atoms with van der Waals surface area (Å²) >= 11 is 0. The lowest BCUT2D eigenvalue weighted by atomic mass is 10.0. The second-order valence-corrected chi connectivity index (χ2v) is 7.71. The molecule has 31 heavy (non-hydrogen) atoms. The van der Waals surface area contributed by atoms with Crippen LogP contribution in [0.2, 0.25) is 0 Å². The fourth-order valence-electron chi connectivity index (χ4n) is 3.30. The Kier molecular flexibility index (Phi) is 8.73. The summed E-state index contributed by atoms with van der Waals surface area (Å²) in [5.74, 6) is 1.36. The molecular weight excluding hydrogens is 396 g/mol. The van der Waals surface area contributed by atoms with Crippen LogP contribution in [0.4, 0.5) is 0 Å². The Morgan fingerprint density at radius 1 is 0.935 bits per heavy atom. The van der Waals surface area contributed by atoms with Gasteiger partial charge in [-0.15, -0.1) is 0 Å². The van der Waals surface area contributed by atoms with E-state index in [0.717, 1.165) is 11.1 Å². The summed E-state index contributed by atoms with van der Waals surface area (Å²) in [4.78, 5) is 25.7. The molecule has 2 N–H and O–H groups in total. The predicted molar refractivity (Wildman–Crippen MR) is 120 cm³/mol. The lowest BCUT2D eigenvalue weighted by molar-refractivity contribution is -0.123. The highest BCUT2D eigenvalue weighted by Gasteiger charge is 2.23. The molecule has 0 aliphatic rings. The molecule has 0 aromatic heterocycles. The third-order valence-corrected chi connectivity index (χ3v) is 4.96. The van der Waals surface area contributed by atoms with Crippen LogP contribution >= 0.6 is 0 Å². The standard InChI is InChI=1S/C24H32N2O5/c1-15(2)11-19(26-23(27)18-10-8-7-9-16(18)3)24(28)25-14-17-12-21(30-5)22(31-6)13-20(17)29-4/h7-10,12-13,15,19H,11,14H2,1-6H3,(H,25,28)(H,26,27). The number of hydrogen-bond donors (Lipinski definition) is 2. The molecule has 0 saturated heterocycles. The molecule has 7 nitrogen and oxygen atoms in total. The minimum Gasteiger partial charge on any atom is -0.496 e. The van der Waals surface area contributed by atoms with Gasteiger partial charge in [0.05, 0.1) is 21.3 Å². The molecule has 0 bridgehead atoms. The lowest BCUT2D eigenvalue weighted by Gasteiger charge is -2.21. The number of amides is 2. The molecule has 0 spiro atoms. The van der Waals surface area contributed by atoms with Crippen LogP contribution in [0, 0.1) is 12.8 Å². The second-order valence-electron chi connectivity index (χ2n) is 7.71. The first-order valence-electron chi connectivity index (χ1n) is 10.2. The molecule has 2 rings (SSSR count). The number of ether oxygens (including phenoxy) is 3. The van der Waals surface area contributed by atoms with E-state index in [1.54, 1.807) is 39.5 Å². The molecule has 0 aliphatic heterocycles. The van der Waals surface area contributed by atoms with Gasteiger partial charge in [0.2, 0.25) is 5.91 Å². The molecule has 0 aliphatic carbocycles. The zero-order valence-corrected chi connectivity index (χ0v) is 19.1. The zero-order valence-electron chi connectivity index (χ0n) is 19.1. The number of rotatable bonds is 10. The Morgan fingerprint density at radius 2 is 1.55 bits per heavy atom. The molecule has 1 atom stereocenters. The maximum atomic E-state index is 13.0. The van der Waals surface area contributed by atoms with Crippen molar-refractivity contribution in [1.29, 1.82) is 0 Å². The van der Waals surface area contributed by atoms with Crippen LogP contribution in [0.1, 0.15) is 41.8 Å². The molecule has 0 heterocycles. The van der Waals surface area contributed by atoms with Gasteiger partial charge >= 0.3 is 0 Å². The van der Waals surface area contributed by atoms with Crippen LogP contribution in [-0.4, -0.2) is 39.2 Å². The SMILES string of the molecule is COc1cc(OC)c(OC)cc1CNC(=O)C(CC(C)C)NC(=O)c1ccccc1C. The normalized spacial score (nSPS) is 11.6. The molecule has 1 unspecified atom stereocenters. The van der Waals surface area contributed by atoms with Gasteiger partial charge in [-0.25, -0.2) is 0 Å². The molecule has 2 aromatic rings. The molecule has 168 valence electrons. The van der Waals surface area contributed by atoms with E-state index in [1.807, 2.05) is 39.0 Å². The van der Waals surface area contributed by atoms with Crippen molar-refractivity contribution in [3.63, 3.8) is 0 Å². The van der Waals surface area contributed by atoms with Gasteiger partial charge in [-0.3, -0.25) is 9.59 Å². The van der Waals surface area contributed by atoms with Crippen molar-refractivity contribution in [3.05, 3.63) is 53.1 Å². The third-order valence-electron chi connectivity index (χ3n) is 4.96. The van der Waals surface area contributed by atoms with Crippen molar-refractivity contribution in [2.75, 3.05) is 21.3 Å². The van der Waals surface area contributed by atoms with E-state index in [4.69, 9.17) is 14.2 Å². The van der Waals surface area contributed by atoms with Crippen molar-refractivity contribution in [2.24, 2.45) is 5.92 Å². The average molecular weight is 429 g/mol. The second kappa shape index (κ2) is 11.2. The van der Waals surface area contributed by atoms with E-state index in [1.165, 1.54) is 0 Å². The Bertz CT molecular complexity index is 911. The lowest BCUT2D eigenvalue weighted by Crippen LogP contribution is -2.47. The number of methoxy groups -OCH3 is 3. The number of carbonyl (C=O) groups excluding carboxylic acids is 2. The van der Waals surface area contributed by atoms with Crippen molar-refractivity contribution in [2.45, 2.75) is 39.8 Å². The van der Waals surface area contributed by atoms with Crippen LogP contribution < -0.4 is 24.8 Å². The van der Waals surface area contributed by atoms with E-state index in [9.17, 15) is 9.59 Å². The maximum absolute atomic E-state index is 13.0. The minimum atomic E-state index is -0.654. The van der Waals surface area contributed by atoms with E-state index >= 15 is 0 Å². The summed E-state index contributed by atoms with van der Waals surface area (Å²) in [6.07, 6.45) is 0.520. The third kappa shape index (κ3) is 6.38. The highest BCUT2D eigenvalue weighted by atomic mass is 16.5. The minimum absolute atomic E-state index is 0.219. The maximum Gasteiger partial charge on any atom is 0.252 e. The van der Waals surface area contributed by atoms with E-state index in [-0.39, 0.29) is 24.3 Å². The smallest absolute Gasteiger partial charge is 0.252 e. The number of nitrogens with one attached hydrogen (secondary N) is 2. The summed E-state index contributed by atoms with van der Waals surface area (Å²) in [6, 6.07) is 10.1. The summed E-state index contributed by atoms with van der Waals surface area (Å²) < 4.78 is 16.1. The number of hydrogen-bond acceptors (Lipinski definition) is 5. The summed E-state index contributed by atoms with van der Waals surface area (Å²) in [7, 11) is 4.65. The van der Waals surface area contributed by atoms with Gasteiger partial charge in [0, 0.05) is 23.7 Å². The van der Waals surface area contributed by atoms with Crippen LogP contribution in [0.25, 0.3) is 0 Å². The molecule has 7 heteroatoms. The van der Waals surface area contributed by atoms with E-state index in [2.05, 4.69) is 10.6 Å². The Morgan fingerprint density at radius 3 is 2.13 bits per heavy atom. The number of benzene rings is 2. The van der Waals surface area contributed by atoms with E-state index < -0.39 is 6.04 Å². The molecule has 0 fully saturated rings. The highest BCUT2D eigenvalue weighted by molar-refractivity contribution is 5.98. The fraction of sp³-hybridized carbons (Fsp3) is 0.417. The monoisotopic (exact) mass is 428 g/mol. The zero-order chi connectivity index (χ0) is 23.0. The Hall–Kier alpha value is -3.22. The van der Waals surface area contributed by atoms with Crippen LogP contribution in [0.3, 0.4) is 0 Å². The van der Waals surface area contributed by atoms with Gasteiger partial charge in [0.25, 0.3) is 5.91 Å². The summed E-state index contributed by atoms with van der Waals surface area (Å²) in [5.41, 5.74) is 2.16. The summed E-state index contributed by atoms with van der Waals surface area (Å²) in [5, 5.41) is 5.79. The number of aryl methyl sites for hydroxylation is 1. The first-order chi connectivity index (χ1) is 14.8. The molecule has 0 saturated carbocycles. The summed E-state index contributed by atoms with van der Waals surface area (Å²) in [6.45, 7) is 6.11. The van der Waals surface area contributed by atoms with Crippen LogP contribution in [0.15, 0.2) is 36.4 Å². The van der Waals surface area contributed by atoms with Crippen molar-refractivity contribution < 1.29 is 23.8 Å². The van der Waals surface area contributed by atoms with Gasteiger partial charge in [-0.05, 0) is 37.0 Å². The van der Waals surface area contributed by atoms with Crippen LogP contribution in [0.5, 0.6) is 17.2 Å². The van der Waals surface area contributed by atoms with Gasteiger partial charge in [0.15, 0.2) is 11.5 Å². The van der Waals surface area contributed by atoms with Gasteiger partial charge in [-0.1, -0.05) is 32.0 Å². The molecule has 2 amide bonds. The van der Waals surface area contributed by atoms with Crippen molar-refractivity contribution in [1.82, 2.24) is 10.6 Å². The van der Waals surface area contributed by atoms with Gasteiger partial charge in [-0.2, -0.15) is 0 Å². The topological polar surface area (TPSA) is 85.9 Å². The molecule has 0 radical (unpaired) electrons. The molecular formula is C24H32N2O5. The van der Waals surface area contributed by atoms with Crippen molar-refractivity contribution in [3.8, 4) is 17.2 Å². The van der Waals surface area contributed by atoms with Crippen molar-refractivity contribution >= 4 is 11.8 Å². The van der Waals surface area contributed by atoms with Crippen LogP contribution in [-0.2, 0) is 11.3 Å². The van der Waals surface area contributed by atoms with Gasteiger partial charge < -0.3 is 24.8 Å². The molecule has 2 aromatic carbocycles. The van der Waals surface area contributed by atoms with Gasteiger partial charge in [0.1, 0.15) is 11.8 Å². The fourth-order valence-corrected chi connectivity index (χ4v) is 3.30. The average Bonchev–Trinajstić information content (AvgIpc) is 2.76. The predicted octanol–water partition coefficient (Wildman–Crippen LogP) is 3.48. The Balaban J connectivity index is 2.16. The number of carbonyl (C=O) groups is 2. The highest BCUT2D eigenvalue weighted by Crippen LogP contribution is 2.34.